The van der Waals surface area contributed by atoms with Crippen molar-refractivity contribution in [1.82, 2.24) is 5.32 Å². The zero-order valence-corrected chi connectivity index (χ0v) is 11.7. The molecule has 0 amide bonds. The molecule has 0 saturated heterocycles. The van der Waals surface area contributed by atoms with Gasteiger partial charge in [0.15, 0.2) is 0 Å². The molecule has 0 radical (unpaired) electrons. The maximum absolute atomic E-state index is 3.47. The van der Waals surface area contributed by atoms with Crippen molar-refractivity contribution in [2.45, 2.75) is 43.5 Å². The SMILES string of the molecule is CNC(CSc1cccc(C)c1)CC1CCC1. The van der Waals surface area contributed by atoms with E-state index in [2.05, 4.69) is 43.6 Å². The molecule has 0 aliphatic heterocycles. The molecule has 2 rings (SSSR count). The summed E-state index contributed by atoms with van der Waals surface area (Å²) in [6.07, 6.45) is 5.71. The van der Waals surface area contributed by atoms with E-state index in [-0.39, 0.29) is 0 Å². The van der Waals surface area contributed by atoms with E-state index in [1.165, 1.54) is 41.9 Å². The van der Waals surface area contributed by atoms with Crippen molar-refractivity contribution >= 4 is 11.8 Å². The minimum atomic E-state index is 0.672. The minimum Gasteiger partial charge on any atom is -0.316 e. The molecule has 1 fully saturated rings. The quantitative estimate of drug-likeness (QED) is 0.768. The summed E-state index contributed by atoms with van der Waals surface area (Å²) in [4.78, 5) is 1.40. The highest BCUT2D eigenvalue weighted by Crippen LogP contribution is 2.31. The lowest BCUT2D eigenvalue weighted by molar-refractivity contribution is 0.272. The van der Waals surface area contributed by atoms with Crippen molar-refractivity contribution in [2.24, 2.45) is 5.92 Å². The predicted molar refractivity (Wildman–Crippen MR) is 76.7 cm³/mol. The van der Waals surface area contributed by atoms with E-state index < -0.39 is 0 Å². The number of nitrogens with one attached hydrogen (secondary N) is 1. The summed E-state index contributed by atoms with van der Waals surface area (Å²) in [5.41, 5.74) is 1.36. The maximum atomic E-state index is 3.47. The first kappa shape index (κ1) is 13.0. The van der Waals surface area contributed by atoms with Crippen LogP contribution in [-0.2, 0) is 0 Å². The first-order chi connectivity index (χ1) is 8.28. The monoisotopic (exact) mass is 249 g/mol. The Kier molecular flexibility index (Phi) is 4.93. The van der Waals surface area contributed by atoms with E-state index in [4.69, 9.17) is 0 Å². The molecule has 1 aromatic carbocycles. The van der Waals surface area contributed by atoms with Gasteiger partial charge < -0.3 is 5.32 Å². The van der Waals surface area contributed by atoms with Crippen molar-refractivity contribution in [2.75, 3.05) is 12.8 Å². The van der Waals surface area contributed by atoms with Gasteiger partial charge >= 0.3 is 0 Å². The third kappa shape index (κ3) is 4.04. The van der Waals surface area contributed by atoms with Gasteiger partial charge in [0.05, 0.1) is 0 Å². The van der Waals surface area contributed by atoms with Gasteiger partial charge in [0.2, 0.25) is 0 Å². The van der Waals surface area contributed by atoms with Crippen LogP contribution in [-0.4, -0.2) is 18.8 Å². The highest BCUT2D eigenvalue weighted by atomic mass is 32.2. The van der Waals surface area contributed by atoms with Crippen molar-refractivity contribution < 1.29 is 0 Å². The Morgan fingerprint density at radius 3 is 2.82 bits per heavy atom. The molecular formula is C15H23NS. The summed E-state index contributed by atoms with van der Waals surface area (Å²) < 4.78 is 0. The van der Waals surface area contributed by atoms with E-state index in [0.29, 0.717) is 6.04 Å². The van der Waals surface area contributed by atoms with E-state index in [0.717, 1.165) is 5.92 Å². The lowest BCUT2D eigenvalue weighted by Crippen LogP contribution is -2.32. The van der Waals surface area contributed by atoms with Crippen LogP contribution in [0.4, 0.5) is 0 Å². The highest BCUT2D eigenvalue weighted by Gasteiger charge is 2.21. The molecule has 1 unspecified atom stereocenters. The molecular weight excluding hydrogens is 226 g/mol. The van der Waals surface area contributed by atoms with Crippen LogP contribution in [0.25, 0.3) is 0 Å². The first-order valence-corrected chi connectivity index (χ1v) is 7.63. The van der Waals surface area contributed by atoms with Crippen molar-refractivity contribution in [3.8, 4) is 0 Å². The molecule has 0 aromatic heterocycles. The Morgan fingerprint density at radius 1 is 1.41 bits per heavy atom. The van der Waals surface area contributed by atoms with Crippen LogP contribution in [0, 0.1) is 12.8 Å². The Bertz CT molecular complexity index is 347. The fourth-order valence-electron chi connectivity index (χ4n) is 2.30. The van der Waals surface area contributed by atoms with Gasteiger partial charge in [0.25, 0.3) is 0 Å². The molecule has 1 nitrogen and oxygen atoms in total. The molecule has 2 heteroatoms. The van der Waals surface area contributed by atoms with Crippen LogP contribution in [0.2, 0.25) is 0 Å². The van der Waals surface area contributed by atoms with Gasteiger partial charge in [0.1, 0.15) is 0 Å². The normalized spacial score (nSPS) is 17.8. The largest absolute Gasteiger partial charge is 0.316 e. The van der Waals surface area contributed by atoms with E-state index in [1.807, 2.05) is 11.8 Å². The molecule has 0 spiro atoms. The van der Waals surface area contributed by atoms with Crippen molar-refractivity contribution in [1.29, 1.82) is 0 Å². The molecule has 1 atom stereocenters. The number of hydrogen-bond donors (Lipinski definition) is 1. The van der Waals surface area contributed by atoms with E-state index >= 15 is 0 Å². The first-order valence-electron chi connectivity index (χ1n) is 6.64. The lowest BCUT2D eigenvalue weighted by Gasteiger charge is -2.29. The zero-order chi connectivity index (χ0) is 12.1. The van der Waals surface area contributed by atoms with Gasteiger partial charge in [-0.2, -0.15) is 0 Å². The zero-order valence-electron chi connectivity index (χ0n) is 10.9. The average molecular weight is 249 g/mol. The molecule has 0 bridgehead atoms. The van der Waals surface area contributed by atoms with Gasteiger partial charge in [0, 0.05) is 16.7 Å². The topological polar surface area (TPSA) is 12.0 Å². The highest BCUT2D eigenvalue weighted by molar-refractivity contribution is 7.99. The fraction of sp³-hybridized carbons (Fsp3) is 0.600. The fourth-order valence-corrected chi connectivity index (χ4v) is 3.44. The summed E-state index contributed by atoms with van der Waals surface area (Å²) in [5, 5.41) is 3.47. The minimum absolute atomic E-state index is 0.672. The molecule has 1 aliphatic carbocycles. The van der Waals surface area contributed by atoms with E-state index in [1.54, 1.807) is 0 Å². The van der Waals surface area contributed by atoms with E-state index in [9.17, 15) is 0 Å². The molecule has 17 heavy (non-hydrogen) atoms. The second-order valence-corrected chi connectivity index (χ2v) is 6.24. The predicted octanol–water partition coefficient (Wildman–Crippen LogP) is 3.87. The Hall–Kier alpha value is -0.470. The smallest absolute Gasteiger partial charge is 0.0161 e. The third-order valence-electron chi connectivity index (χ3n) is 3.69. The Balaban J connectivity index is 1.78. The Morgan fingerprint density at radius 2 is 2.24 bits per heavy atom. The van der Waals surface area contributed by atoms with Crippen LogP contribution < -0.4 is 5.32 Å². The van der Waals surface area contributed by atoms with Crippen molar-refractivity contribution in [3.63, 3.8) is 0 Å². The molecule has 1 aliphatic rings. The Labute approximate surface area is 109 Å². The van der Waals surface area contributed by atoms with Gasteiger partial charge in [-0.15, -0.1) is 11.8 Å². The molecule has 1 aromatic rings. The van der Waals surface area contributed by atoms with Crippen LogP contribution in [0.15, 0.2) is 29.2 Å². The van der Waals surface area contributed by atoms with Gasteiger partial charge in [-0.3, -0.25) is 0 Å². The summed E-state index contributed by atoms with van der Waals surface area (Å²) in [6, 6.07) is 9.48. The molecule has 1 N–H and O–H groups in total. The van der Waals surface area contributed by atoms with Crippen LogP contribution in [0.5, 0.6) is 0 Å². The van der Waals surface area contributed by atoms with Crippen LogP contribution >= 0.6 is 11.8 Å². The standard InChI is InChI=1S/C15H23NS/c1-12-5-3-8-15(9-12)17-11-14(16-2)10-13-6-4-7-13/h3,5,8-9,13-14,16H,4,6-7,10-11H2,1-2H3. The van der Waals surface area contributed by atoms with Gasteiger partial charge in [-0.1, -0.05) is 37.0 Å². The second kappa shape index (κ2) is 6.46. The molecule has 1 saturated carbocycles. The van der Waals surface area contributed by atoms with Crippen molar-refractivity contribution in [3.05, 3.63) is 29.8 Å². The summed E-state index contributed by atoms with van der Waals surface area (Å²) in [6.45, 7) is 2.16. The third-order valence-corrected chi connectivity index (χ3v) is 4.85. The second-order valence-electron chi connectivity index (χ2n) is 5.15. The van der Waals surface area contributed by atoms with Gasteiger partial charge in [-0.25, -0.2) is 0 Å². The number of thioether (sulfide) groups is 1. The summed E-state index contributed by atoms with van der Waals surface area (Å²) in [7, 11) is 2.10. The summed E-state index contributed by atoms with van der Waals surface area (Å²) in [5.74, 6) is 2.18. The molecule has 0 heterocycles. The number of aryl methyl sites for hydroxylation is 1. The summed E-state index contributed by atoms with van der Waals surface area (Å²) >= 11 is 1.98. The lowest BCUT2D eigenvalue weighted by atomic mass is 9.81. The molecule has 94 valence electrons. The number of hydrogen-bond acceptors (Lipinski definition) is 2. The number of benzene rings is 1. The number of rotatable bonds is 6. The maximum Gasteiger partial charge on any atom is 0.0161 e. The van der Waals surface area contributed by atoms with Gasteiger partial charge in [-0.05, 0) is 38.4 Å². The van der Waals surface area contributed by atoms with Crippen LogP contribution in [0.3, 0.4) is 0 Å². The van der Waals surface area contributed by atoms with Crippen LogP contribution in [0.1, 0.15) is 31.2 Å². The average Bonchev–Trinajstić information content (AvgIpc) is 2.27.